The largest absolute Gasteiger partial charge is 0.416 e. The van der Waals surface area contributed by atoms with Gasteiger partial charge in [0.25, 0.3) is 0 Å². The molecule has 1 rings (SSSR count). The van der Waals surface area contributed by atoms with E-state index in [-0.39, 0.29) is 12.0 Å². The van der Waals surface area contributed by atoms with Gasteiger partial charge < -0.3 is 15.6 Å². The molecule has 0 aromatic carbocycles. The second-order valence-electron chi connectivity index (χ2n) is 6.90. The van der Waals surface area contributed by atoms with Crippen molar-refractivity contribution in [3.63, 3.8) is 0 Å². The Bertz CT molecular complexity index is 305. The molecule has 20 heavy (non-hydrogen) atoms. The van der Waals surface area contributed by atoms with Gasteiger partial charge in [0.1, 0.15) is 0 Å². The maximum atomic E-state index is 12.3. The van der Waals surface area contributed by atoms with Crippen molar-refractivity contribution in [3.05, 3.63) is 0 Å². The first-order valence-electron chi connectivity index (χ1n) is 7.09. The molecule has 0 bridgehead atoms. The number of nitrogens with two attached hydrogens (primary N) is 1. The summed E-state index contributed by atoms with van der Waals surface area (Å²) in [7, 11) is 0. The Morgan fingerprint density at radius 1 is 1.25 bits per heavy atom. The fraction of sp³-hybridized carbons (Fsp3) is 1.00. The molecular weight excluding hydrogens is 271 g/mol. The lowest BCUT2D eigenvalue weighted by Gasteiger charge is -2.43. The Labute approximate surface area is 118 Å². The summed E-state index contributed by atoms with van der Waals surface area (Å²) in [6, 6.07) is 0. The number of aliphatic hydroxyl groups excluding tert-OH is 1. The quantitative estimate of drug-likeness (QED) is 0.839. The molecule has 1 saturated carbocycles. The van der Waals surface area contributed by atoms with E-state index in [9.17, 15) is 13.2 Å². The predicted octanol–water partition coefficient (Wildman–Crippen LogP) is 2.86. The highest BCUT2D eigenvalue weighted by atomic mass is 19.4. The van der Waals surface area contributed by atoms with Crippen LogP contribution in [0.15, 0.2) is 0 Å². The number of hydrogen-bond acceptors (Lipinski definition) is 3. The van der Waals surface area contributed by atoms with Gasteiger partial charge in [-0.05, 0) is 37.0 Å². The van der Waals surface area contributed by atoms with E-state index in [2.05, 4.69) is 20.8 Å². The van der Waals surface area contributed by atoms with Gasteiger partial charge in [-0.3, -0.25) is 0 Å². The van der Waals surface area contributed by atoms with Crippen LogP contribution in [0.4, 0.5) is 13.2 Å². The Balaban J connectivity index is 2.55. The Morgan fingerprint density at radius 3 is 2.10 bits per heavy atom. The summed E-state index contributed by atoms with van der Waals surface area (Å²) in [4.78, 5) is 0. The van der Waals surface area contributed by atoms with Gasteiger partial charge in [0, 0.05) is 6.54 Å². The first kappa shape index (κ1) is 17.7. The average Bonchev–Trinajstić information content (AvgIpc) is 2.34. The van der Waals surface area contributed by atoms with Crippen molar-refractivity contribution in [2.24, 2.45) is 17.1 Å². The normalized spacial score (nSPS) is 30.3. The molecule has 1 aliphatic rings. The third-order valence-electron chi connectivity index (χ3n) is 4.42. The monoisotopic (exact) mass is 297 g/mol. The van der Waals surface area contributed by atoms with E-state index < -0.39 is 24.5 Å². The van der Waals surface area contributed by atoms with Gasteiger partial charge in [0.15, 0.2) is 6.10 Å². The molecule has 0 aromatic heterocycles. The van der Waals surface area contributed by atoms with Crippen LogP contribution in [0.1, 0.15) is 46.5 Å². The molecular formula is C14H26F3NO2. The lowest BCUT2D eigenvalue weighted by atomic mass is 9.68. The summed E-state index contributed by atoms with van der Waals surface area (Å²) >= 11 is 0. The molecule has 6 heteroatoms. The van der Waals surface area contributed by atoms with Gasteiger partial charge in [0.2, 0.25) is 0 Å². The summed E-state index contributed by atoms with van der Waals surface area (Å²) in [6.45, 7) is 5.96. The molecule has 0 spiro atoms. The lowest BCUT2D eigenvalue weighted by Crippen LogP contribution is -2.48. The molecule has 1 atom stereocenters. The maximum absolute atomic E-state index is 12.3. The number of hydrogen-bond donors (Lipinski definition) is 2. The smallest absolute Gasteiger partial charge is 0.382 e. The predicted molar refractivity (Wildman–Crippen MR) is 71.2 cm³/mol. The fourth-order valence-corrected chi connectivity index (χ4v) is 2.77. The van der Waals surface area contributed by atoms with E-state index >= 15 is 0 Å². The minimum atomic E-state index is -4.64. The topological polar surface area (TPSA) is 55.5 Å². The molecule has 1 aliphatic carbocycles. The molecule has 0 heterocycles. The number of aliphatic hydroxyl groups is 1. The number of alkyl halides is 3. The minimum absolute atomic E-state index is 0.187. The molecule has 0 saturated heterocycles. The van der Waals surface area contributed by atoms with Crippen LogP contribution in [-0.2, 0) is 4.74 Å². The van der Waals surface area contributed by atoms with E-state index in [0.29, 0.717) is 18.8 Å². The number of rotatable bonds is 4. The molecule has 0 aliphatic heterocycles. The van der Waals surface area contributed by atoms with Crippen LogP contribution in [0.25, 0.3) is 0 Å². The number of ether oxygens (including phenoxy) is 1. The van der Waals surface area contributed by atoms with Crippen molar-refractivity contribution in [2.75, 3.05) is 13.2 Å². The summed E-state index contributed by atoms with van der Waals surface area (Å²) in [5.41, 5.74) is 5.17. The van der Waals surface area contributed by atoms with Crippen LogP contribution >= 0.6 is 0 Å². The molecule has 0 aromatic rings. The zero-order valence-corrected chi connectivity index (χ0v) is 12.5. The van der Waals surface area contributed by atoms with Crippen molar-refractivity contribution >= 4 is 0 Å². The summed E-state index contributed by atoms with van der Waals surface area (Å²) in [5.74, 6) is 0.526. The second-order valence-corrected chi connectivity index (χ2v) is 6.90. The highest BCUT2D eigenvalue weighted by Gasteiger charge is 2.43. The highest BCUT2D eigenvalue weighted by Crippen LogP contribution is 2.42. The second kappa shape index (κ2) is 6.20. The van der Waals surface area contributed by atoms with Crippen molar-refractivity contribution in [2.45, 2.75) is 64.3 Å². The third kappa shape index (κ3) is 4.60. The van der Waals surface area contributed by atoms with Crippen molar-refractivity contribution in [1.29, 1.82) is 0 Å². The van der Waals surface area contributed by atoms with E-state index in [1.54, 1.807) is 0 Å². The van der Waals surface area contributed by atoms with Gasteiger partial charge in [-0.15, -0.1) is 0 Å². The third-order valence-corrected chi connectivity index (χ3v) is 4.42. The SMILES string of the molecule is CC(C)(C)C1CCC(CN)(OCC(O)C(F)(F)F)CC1. The minimum Gasteiger partial charge on any atom is -0.382 e. The molecule has 3 N–H and O–H groups in total. The summed E-state index contributed by atoms with van der Waals surface area (Å²) in [6.07, 6.45) is -4.00. The molecule has 0 amide bonds. The molecule has 1 unspecified atom stereocenters. The zero-order chi connectivity index (χ0) is 15.6. The molecule has 0 radical (unpaired) electrons. The van der Waals surface area contributed by atoms with Gasteiger partial charge >= 0.3 is 6.18 Å². The van der Waals surface area contributed by atoms with Crippen LogP contribution < -0.4 is 5.73 Å². The Hall–Kier alpha value is -0.330. The Morgan fingerprint density at radius 2 is 1.75 bits per heavy atom. The highest BCUT2D eigenvalue weighted by molar-refractivity contribution is 4.91. The molecule has 120 valence electrons. The van der Waals surface area contributed by atoms with E-state index in [0.717, 1.165) is 12.8 Å². The summed E-state index contributed by atoms with van der Waals surface area (Å²) < 4.78 is 42.2. The van der Waals surface area contributed by atoms with Gasteiger partial charge in [-0.1, -0.05) is 20.8 Å². The van der Waals surface area contributed by atoms with Crippen LogP contribution in [0.5, 0.6) is 0 Å². The van der Waals surface area contributed by atoms with E-state index in [4.69, 9.17) is 15.6 Å². The molecule has 3 nitrogen and oxygen atoms in total. The zero-order valence-electron chi connectivity index (χ0n) is 12.5. The van der Waals surface area contributed by atoms with Crippen molar-refractivity contribution in [1.82, 2.24) is 0 Å². The van der Waals surface area contributed by atoms with Gasteiger partial charge in [-0.25, -0.2) is 0 Å². The van der Waals surface area contributed by atoms with E-state index in [1.807, 2.05) is 0 Å². The fourth-order valence-electron chi connectivity index (χ4n) is 2.77. The summed E-state index contributed by atoms with van der Waals surface area (Å²) in [5, 5.41) is 9.02. The standard InChI is InChI=1S/C14H26F3NO2/c1-12(2,3)10-4-6-13(9-18,7-5-10)20-8-11(19)14(15,16)17/h10-11,19H,4-9,18H2,1-3H3. The van der Waals surface area contributed by atoms with Crippen LogP contribution in [0.3, 0.4) is 0 Å². The van der Waals surface area contributed by atoms with Gasteiger partial charge in [0.05, 0.1) is 12.2 Å². The van der Waals surface area contributed by atoms with Crippen LogP contribution in [-0.4, -0.2) is 36.1 Å². The first-order valence-corrected chi connectivity index (χ1v) is 7.09. The number of halogens is 3. The average molecular weight is 297 g/mol. The molecule has 1 fully saturated rings. The Kier molecular flexibility index (Phi) is 5.49. The lowest BCUT2D eigenvalue weighted by molar-refractivity contribution is -0.230. The first-order chi connectivity index (χ1) is 9.00. The van der Waals surface area contributed by atoms with Crippen molar-refractivity contribution in [3.8, 4) is 0 Å². The van der Waals surface area contributed by atoms with E-state index in [1.165, 1.54) is 0 Å². The van der Waals surface area contributed by atoms with Gasteiger partial charge in [-0.2, -0.15) is 13.2 Å². The van der Waals surface area contributed by atoms with Crippen molar-refractivity contribution < 1.29 is 23.0 Å². The van der Waals surface area contributed by atoms with Crippen LogP contribution in [0.2, 0.25) is 0 Å². The van der Waals surface area contributed by atoms with Crippen LogP contribution in [0, 0.1) is 11.3 Å². The maximum Gasteiger partial charge on any atom is 0.416 e.